The van der Waals surface area contributed by atoms with Gasteiger partial charge in [-0.1, -0.05) is 13.3 Å². The second-order valence-corrected chi connectivity index (χ2v) is 3.84. The largest absolute Gasteiger partial charge is 0.337 e. The Bertz CT molecular complexity index is 318. The predicted molar refractivity (Wildman–Crippen MR) is 63.6 cm³/mol. The Labute approximate surface area is 101 Å². The van der Waals surface area contributed by atoms with Crippen LogP contribution in [0.1, 0.15) is 30.1 Å². The molecule has 0 aliphatic heterocycles. The summed E-state index contributed by atoms with van der Waals surface area (Å²) in [6, 6.07) is 0. The molecule has 1 heterocycles. The van der Waals surface area contributed by atoms with Crippen LogP contribution in [0.4, 0.5) is 0 Å². The number of carbonyl (C=O) groups excluding carboxylic acids is 1. The van der Waals surface area contributed by atoms with E-state index < -0.39 is 0 Å². The zero-order valence-corrected chi connectivity index (χ0v) is 10.2. The number of aromatic nitrogens is 2. The fourth-order valence-corrected chi connectivity index (χ4v) is 1.56. The number of rotatable bonds is 6. The van der Waals surface area contributed by atoms with Crippen molar-refractivity contribution in [3.05, 3.63) is 24.3 Å². The Morgan fingerprint density at radius 3 is 2.62 bits per heavy atom. The molecule has 0 fully saturated rings. The molecule has 0 saturated heterocycles. The minimum absolute atomic E-state index is 0.0466. The molecule has 1 amide bonds. The van der Waals surface area contributed by atoms with E-state index in [0.717, 1.165) is 19.4 Å². The lowest BCUT2D eigenvalue weighted by Crippen LogP contribution is -2.33. The summed E-state index contributed by atoms with van der Waals surface area (Å²) in [5.41, 5.74) is 0.517. The molecule has 0 spiro atoms. The Kier molecular flexibility index (Phi) is 5.78. The van der Waals surface area contributed by atoms with E-state index in [1.807, 2.05) is 0 Å². The normalized spacial score (nSPS) is 10.1. The summed E-state index contributed by atoms with van der Waals surface area (Å²) in [7, 11) is 0. The van der Waals surface area contributed by atoms with Gasteiger partial charge < -0.3 is 4.90 Å². The van der Waals surface area contributed by atoms with E-state index in [1.54, 1.807) is 4.90 Å². The molecule has 4 nitrogen and oxygen atoms in total. The highest BCUT2D eigenvalue weighted by molar-refractivity contribution is 6.18. The highest BCUT2D eigenvalue weighted by Crippen LogP contribution is 2.04. The molecule has 0 N–H and O–H groups in total. The zero-order valence-electron chi connectivity index (χ0n) is 9.40. The fraction of sp³-hybridized carbons (Fsp3) is 0.545. The van der Waals surface area contributed by atoms with Crippen LogP contribution in [0.3, 0.4) is 0 Å². The van der Waals surface area contributed by atoms with Gasteiger partial charge in [-0.15, -0.1) is 11.6 Å². The maximum atomic E-state index is 12.0. The second-order valence-electron chi connectivity index (χ2n) is 3.46. The number of alkyl halides is 1. The Hall–Kier alpha value is -1.16. The van der Waals surface area contributed by atoms with Crippen LogP contribution in [0.25, 0.3) is 0 Å². The molecule has 1 aromatic rings. The van der Waals surface area contributed by atoms with Crippen molar-refractivity contribution in [2.24, 2.45) is 0 Å². The van der Waals surface area contributed by atoms with E-state index in [4.69, 9.17) is 11.6 Å². The molecule has 0 saturated carbocycles. The van der Waals surface area contributed by atoms with Crippen molar-refractivity contribution in [3.63, 3.8) is 0 Å². The smallest absolute Gasteiger partial charge is 0.257 e. The third kappa shape index (κ3) is 3.77. The van der Waals surface area contributed by atoms with Crippen LogP contribution in [0.15, 0.2) is 18.7 Å². The molecule has 0 unspecified atom stereocenters. The van der Waals surface area contributed by atoms with Gasteiger partial charge in [0, 0.05) is 31.4 Å². The van der Waals surface area contributed by atoms with Gasteiger partial charge in [-0.05, 0) is 6.42 Å². The van der Waals surface area contributed by atoms with Gasteiger partial charge in [-0.3, -0.25) is 4.79 Å². The van der Waals surface area contributed by atoms with Crippen LogP contribution >= 0.6 is 11.6 Å². The minimum atomic E-state index is -0.0466. The lowest BCUT2D eigenvalue weighted by molar-refractivity contribution is 0.0762. The first kappa shape index (κ1) is 12.9. The first-order valence-electron chi connectivity index (χ1n) is 5.39. The third-order valence-electron chi connectivity index (χ3n) is 2.23. The lowest BCUT2D eigenvalue weighted by atomic mass is 10.2. The summed E-state index contributed by atoms with van der Waals surface area (Å²) in [5.74, 6) is 0.401. The summed E-state index contributed by atoms with van der Waals surface area (Å²) in [4.78, 5) is 21.4. The van der Waals surface area contributed by atoms with Gasteiger partial charge >= 0.3 is 0 Å². The predicted octanol–water partition coefficient (Wildman–Crippen LogP) is 1.96. The molecule has 0 radical (unpaired) electrons. The molecular weight excluding hydrogens is 226 g/mol. The zero-order chi connectivity index (χ0) is 11.8. The summed E-state index contributed by atoms with van der Waals surface area (Å²) >= 11 is 5.68. The highest BCUT2D eigenvalue weighted by Gasteiger charge is 2.14. The van der Waals surface area contributed by atoms with E-state index in [9.17, 15) is 4.79 Å². The van der Waals surface area contributed by atoms with Gasteiger partial charge in [0.15, 0.2) is 0 Å². The minimum Gasteiger partial charge on any atom is -0.337 e. The number of unbranched alkanes of at least 4 members (excludes halogenated alkanes) is 1. The number of hydrogen-bond donors (Lipinski definition) is 0. The summed E-state index contributed by atoms with van der Waals surface area (Å²) in [6.45, 7) is 3.39. The SMILES string of the molecule is CCCCN(CCCl)C(=O)c1cncnc1. The molecule has 0 atom stereocenters. The average molecular weight is 242 g/mol. The Morgan fingerprint density at radius 1 is 1.38 bits per heavy atom. The molecule has 88 valence electrons. The fourth-order valence-electron chi connectivity index (χ4n) is 1.36. The van der Waals surface area contributed by atoms with Gasteiger partial charge in [0.25, 0.3) is 5.91 Å². The van der Waals surface area contributed by atoms with E-state index >= 15 is 0 Å². The summed E-state index contributed by atoms with van der Waals surface area (Å²) < 4.78 is 0. The molecule has 0 aromatic carbocycles. The monoisotopic (exact) mass is 241 g/mol. The van der Waals surface area contributed by atoms with Crippen LogP contribution in [-0.4, -0.2) is 39.7 Å². The number of amides is 1. The number of nitrogens with zero attached hydrogens (tertiary/aromatic N) is 3. The molecule has 5 heteroatoms. The van der Waals surface area contributed by atoms with Crippen molar-refractivity contribution in [2.45, 2.75) is 19.8 Å². The van der Waals surface area contributed by atoms with Crippen molar-refractivity contribution in [2.75, 3.05) is 19.0 Å². The molecule has 0 aliphatic carbocycles. The Morgan fingerprint density at radius 2 is 2.06 bits per heavy atom. The Balaban J connectivity index is 2.67. The first-order valence-corrected chi connectivity index (χ1v) is 5.93. The molecule has 0 bridgehead atoms. The molecule has 1 aromatic heterocycles. The van der Waals surface area contributed by atoms with Crippen LogP contribution in [0.2, 0.25) is 0 Å². The molecule has 0 aliphatic rings. The van der Waals surface area contributed by atoms with Crippen LogP contribution in [-0.2, 0) is 0 Å². The van der Waals surface area contributed by atoms with E-state index in [2.05, 4.69) is 16.9 Å². The van der Waals surface area contributed by atoms with Crippen molar-refractivity contribution in [1.29, 1.82) is 0 Å². The van der Waals surface area contributed by atoms with Crippen molar-refractivity contribution in [3.8, 4) is 0 Å². The second kappa shape index (κ2) is 7.17. The van der Waals surface area contributed by atoms with Gasteiger partial charge in [0.1, 0.15) is 6.33 Å². The van der Waals surface area contributed by atoms with Crippen molar-refractivity contribution < 1.29 is 4.79 Å². The molecule has 16 heavy (non-hydrogen) atoms. The van der Waals surface area contributed by atoms with E-state index in [-0.39, 0.29) is 5.91 Å². The quantitative estimate of drug-likeness (QED) is 0.716. The summed E-state index contributed by atoms with van der Waals surface area (Å²) in [6.07, 6.45) is 6.51. The van der Waals surface area contributed by atoms with Gasteiger partial charge in [-0.2, -0.15) is 0 Å². The van der Waals surface area contributed by atoms with Crippen molar-refractivity contribution in [1.82, 2.24) is 14.9 Å². The standard InChI is InChI=1S/C11H16ClN3O/c1-2-3-5-15(6-4-12)11(16)10-7-13-9-14-8-10/h7-9H,2-6H2,1H3. The van der Waals surface area contributed by atoms with Crippen LogP contribution in [0.5, 0.6) is 0 Å². The van der Waals surface area contributed by atoms with Crippen molar-refractivity contribution >= 4 is 17.5 Å². The average Bonchev–Trinajstić information content (AvgIpc) is 2.35. The summed E-state index contributed by atoms with van der Waals surface area (Å²) in [5, 5.41) is 0. The van der Waals surface area contributed by atoms with Gasteiger partial charge in [-0.25, -0.2) is 9.97 Å². The maximum Gasteiger partial charge on any atom is 0.257 e. The van der Waals surface area contributed by atoms with Crippen LogP contribution < -0.4 is 0 Å². The van der Waals surface area contributed by atoms with Gasteiger partial charge in [0.2, 0.25) is 0 Å². The maximum absolute atomic E-state index is 12.0. The highest BCUT2D eigenvalue weighted by atomic mass is 35.5. The third-order valence-corrected chi connectivity index (χ3v) is 2.40. The van der Waals surface area contributed by atoms with Crippen LogP contribution in [0, 0.1) is 0 Å². The number of halogens is 1. The van der Waals surface area contributed by atoms with Gasteiger partial charge in [0.05, 0.1) is 5.56 Å². The lowest BCUT2D eigenvalue weighted by Gasteiger charge is -2.21. The topological polar surface area (TPSA) is 46.1 Å². The molecular formula is C11H16ClN3O. The number of hydrogen-bond acceptors (Lipinski definition) is 3. The first-order chi connectivity index (χ1) is 7.79. The molecule has 1 rings (SSSR count). The number of carbonyl (C=O) groups is 1. The van der Waals surface area contributed by atoms with E-state index in [1.165, 1.54) is 18.7 Å². The van der Waals surface area contributed by atoms with E-state index in [0.29, 0.717) is 18.0 Å².